The molecule has 2 saturated heterocycles. The Hall–Kier alpha value is -2.77. The zero-order valence-electron chi connectivity index (χ0n) is 15.8. The van der Waals surface area contributed by atoms with Crippen molar-refractivity contribution in [1.29, 1.82) is 0 Å². The maximum Gasteiger partial charge on any atom is 0.255 e. The molecule has 4 rings (SSSR count). The van der Waals surface area contributed by atoms with E-state index >= 15 is 0 Å². The molecule has 3 heterocycles. The lowest BCUT2D eigenvalue weighted by atomic mass is 9.97. The van der Waals surface area contributed by atoms with E-state index in [0.717, 1.165) is 43.5 Å². The standard InChI is InChI=1S/C19H21N3O4.CH3F/c23-11-12-5-7-21(8-6-12)14-1-2-15-13(9-14)10-22(19(15)26)16-3-4-17(24)20-18(16)25;1-2/h1-2,9,11-12,16H,3-8,10H2,(H,20,24,25);1H3. The molecule has 2 fully saturated rings. The second-order valence-corrected chi connectivity index (χ2v) is 7.20. The number of nitrogens with one attached hydrogen (secondary N) is 1. The predicted molar refractivity (Wildman–Crippen MR) is 101 cm³/mol. The van der Waals surface area contributed by atoms with E-state index in [2.05, 4.69) is 10.2 Å². The van der Waals surface area contributed by atoms with Crippen LogP contribution in [-0.4, -0.2) is 55.2 Å². The highest BCUT2D eigenvalue weighted by atomic mass is 19.1. The van der Waals surface area contributed by atoms with Crippen molar-refractivity contribution in [3.8, 4) is 0 Å². The van der Waals surface area contributed by atoms with Crippen LogP contribution in [0.2, 0.25) is 0 Å². The van der Waals surface area contributed by atoms with Crippen molar-refractivity contribution in [2.45, 2.75) is 38.3 Å². The van der Waals surface area contributed by atoms with Crippen LogP contribution in [0.3, 0.4) is 0 Å². The minimum absolute atomic E-state index is 0.144. The van der Waals surface area contributed by atoms with E-state index in [4.69, 9.17) is 0 Å². The normalized spacial score (nSPS) is 22.4. The zero-order valence-corrected chi connectivity index (χ0v) is 15.8. The molecule has 7 nitrogen and oxygen atoms in total. The van der Waals surface area contributed by atoms with Crippen LogP contribution in [0, 0.1) is 5.92 Å². The van der Waals surface area contributed by atoms with E-state index < -0.39 is 11.9 Å². The molecular formula is C20H24FN3O4. The quantitative estimate of drug-likeness (QED) is 0.625. The predicted octanol–water partition coefficient (Wildman–Crippen LogP) is 1.45. The molecule has 0 aliphatic carbocycles. The number of aldehydes is 1. The van der Waals surface area contributed by atoms with E-state index in [1.54, 1.807) is 4.90 Å². The zero-order chi connectivity index (χ0) is 20.3. The summed E-state index contributed by atoms with van der Waals surface area (Å²) < 4.78 is 9.50. The third-order valence-electron chi connectivity index (χ3n) is 5.60. The lowest BCUT2D eigenvalue weighted by molar-refractivity contribution is -0.136. The molecule has 3 amide bonds. The topological polar surface area (TPSA) is 86.8 Å². The highest BCUT2D eigenvalue weighted by Crippen LogP contribution is 2.31. The summed E-state index contributed by atoms with van der Waals surface area (Å²) in [5.41, 5.74) is 2.59. The number of rotatable bonds is 3. The first-order chi connectivity index (χ1) is 13.6. The molecule has 28 heavy (non-hydrogen) atoms. The Morgan fingerprint density at radius 2 is 1.82 bits per heavy atom. The molecule has 8 heteroatoms. The van der Waals surface area contributed by atoms with Crippen LogP contribution in [0.5, 0.6) is 0 Å². The number of fused-ring (bicyclic) bond motifs is 1. The maximum absolute atomic E-state index is 12.7. The molecule has 1 atom stereocenters. The molecule has 0 spiro atoms. The van der Waals surface area contributed by atoms with Gasteiger partial charge in [-0.05, 0) is 43.0 Å². The van der Waals surface area contributed by atoms with Crippen LogP contribution in [0.1, 0.15) is 41.6 Å². The fourth-order valence-electron chi connectivity index (χ4n) is 4.05. The Morgan fingerprint density at radius 1 is 1.11 bits per heavy atom. The Morgan fingerprint density at radius 3 is 2.46 bits per heavy atom. The Bertz CT molecular complexity index is 790. The fraction of sp³-hybridized carbons (Fsp3) is 0.500. The van der Waals surface area contributed by atoms with Gasteiger partial charge in [-0.25, -0.2) is 0 Å². The van der Waals surface area contributed by atoms with Crippen molar-refractivity contribution in [3.63, 3.8) is 0 Å². The fourth-order valence-corrected chi connectivity index (χ4v) is 4.05. The number of piperidine rings is 2. The van der Waals surface area contributed by atoms with Gasteiger partial charge in [-0.15, -0.1) is 0 Å². The van der Waals surface area contributed by atoms with Gasteiger partial charge in [0.05, 0.1) is 7.18 Å². The molecule has 0 aromatic heterocycles. The first-order valence-electron chi connectivity index (χ1n) is 9.42. The summed E-state index contributed by atoms with van der Waals surface area (Å²) in [5.74, 6) is -0.680. The number of hydrogen-bond donors (Lipinski definition) is 1. The van der Waals surface area contributed by atoms with Crippen LogP contribution < -0.4 is 10.2 Å². The minimum atomic E-state index is -0.584. The highest BCUT2D eigenvalue weighted by molar-refractivity contribution is 6.05. The van der Waals surface area contributed by atoms with Gasteiger partial charge in [0.15, 0.2) is 0 Å². The van der Waals surface area contributed by atoms with Gasteiger partial charge in [-0.3, -0.25) is 24.1 Å². The molecule has 0 radical (unpaired) electrons. The highest BCUT2D eigenvalue weighted by Gasteiger charge is 2.39. The van der Waals surface area contributed by atoms with Gasteiger partial charge in [0, 0.05) is 43.2 Å². The van der Waals surface area contributed by atoms with Crippen LogP contribution in [0.15, 0.2) is 18.2 Å². The molecule has 0 saturated carbocycles. The number of benzene rings is 1. The number of alkyl halides is 1. The van der Waals surface area contributed by atoms with Crippen molar-refractivity contribution >= 4 is 29.7 Å². The van der Waals surface area contributed by atoms with E-state index in [1.165, 1.54) is 0 Å². The molecular weight excluding hydrogens is 365 g/mol. The number of carbonyl (C=O) groups is 4. The van der Waals surface area contributed by atoms with Crippen LogP contribution in [0.25, 0.3) is 0 Å². The van der Waals surface area contributed by atoms with E-state index in [1.807, 2.05) is 18.2 Å². The number of hydrogen-bond acceptors (Lipinski definition) is 5. The molecule has 1 N–H and O–H groups in total. The summed E-state index contributed by atoms with van der Waals surface area (Å²) in [4.78, 5) is 50.8. The van der Waals surface area contributed by atoms with Crippen molar-refractivity contribution in [2.24, 2.45) is 5.92 Å². The first-order valence-corrected chi connectivity index (χ1v) is 9.42. The Balaban J connectivity index is 0.00000109. The summed E-state index contributed by atoms with van der Waals surface area (Å²) in [6.07, 6.45) is 3.37. The third-order valence-corrected chi connectivity index (χ3v) is 5.60. The number of nitrogens with zero attached hydrogens (tertiary/aromatic N) is 2. The molecule has 0 bridgehead atoms. The van der Waals surface area contributed by atoms with Crippen molar-refractivity contribution in [3.05, 3.63) is 29.3 Å². The number of imide groups is 1. The van der Waals surface area contributed by atoms with Crippen LogP contribution >= 0.6 is 0 Å². The van der Waals surface area contributed by atoms with Crippen molar-refractivity contribution in [2.75, 3.05) is 25.2 Å². The summed E-state index contributed by atoms with van der Waals surface area (Å²) in [7, 11) is 0.500. The van der Waals surface area contributed by atoms with Gasteiger partial charge in [0.2, 0.25) is 11.8 Å². The number of amides is 3. The molecule has 150 valence electrons. The summed E-state index contributed by atoms with van der Waals surface area (Å²) in [6, 6.07) is 5.19. The minimum Gasteiger partial charge on any atom is -0.371 e. The van der Waals surface area contributed by atoms with Gasteiger partial charge >= 0.3 is 0 Å². The number of carbonyl (C=O) groups excluding carboxylic acids is 4. The average molecular weight is 389 g/mol. The van der Waals surface area contributed by atoms with Crippen LogP contribution in [0.4, 0.5) is 10.1 Å². The van der Waals surface area contributed by atoms with Gasteiger partial charge in [-0.2, -0.15) is 0 Å². The average Bonchev–Trinajstić information content (AvgIpc) is 3.05. The Labute approximate surface area is 162 Å². The van der Waals surface area contributed by atoms with Crippen LogP contribution in [-0.2, 0) is 20.9 Å². The Kier molecular flexibility index (Phi) is 6.06. The number of anilines is 1. The second-order valence-electron chi connectivity index (χ2n) is 7.20. The number of halogens is 1. The molecule has 3 aliphatic rings. The third kappa shape index (κ3) is 3.76. The lowest BCUT2D eigenvalue weighted by Gasteiger charge is -2.31. The summed E-state index contributed by atoms with van der Waals surface area (Å²) in [6.45, 7) is 2.04. The van der Waals surface area contributed by atoms with Gasteiger partial charge in [0.1, 0.15) is 12.3 Å². The largest absolute Gasteiger partial charge is 0.371 e. The molecule has 1 aromatic carbocycles. The summed E-state index contributed by atoms with van der Waals surface area (Å²) >= 11 is 0. The summed E-state index contributed by atoms with van der Waals surface area (Å²) in [5, 5.41) is 2.32. The molecule has 1 aromatic rings. The van der Waals surface area contributed by atoms with Gasteiger partial charge in [-0.1, -0.05) is 0 Å². The van der Waals surface area contributed by atoms with Gasteiger partial charge < -0.3 is 14.6 Å². The molecule has 1 unspecified atom stereocenters. The lowest BCUT2D eigenvalue weighted by Crippen LogP contribution is -2.52. The van der Waals surface area contributed by atoms with Crippen molar-refractivity contribution in [1.82, 2.24) is 10.2 Å². The van der Waals surface area contributed by atoms with Gasteiger partial charge in [0.25, 0.3) is 5.91 Å². The smallest absolute Gasteiger partial charge is 0.255 e. The second kappa shape index (κ2) is 8.50. The first kappa shape index (κ1) is 20.0. The van der Waals surface area contributed by atoms with Crippen molar-refractivity contribution < 1.29 is 23.6 Å². The SMILES string of the molecule is CF.O=CC1CCN(c2ccc3c(c2)CN(C2CCC(=O)NC2=O)C3=O)CC1. The maximum atomic E-state index is 12.7. The monoisotopic (exact) mass is 389 g/mol. The van der Waals surface area contributed by atoms with E-state index in [0.29, 0.717) is 25.7 Å². The van der Waals surface area contributed by atoms with E-state index in [9.17, 15) is 23.6 Å². The molecule has 3 aliphatic heterocycles. The van der Waals surface area contributed by atoms with E-state index in [-0.39, 0.29) is 24.2 Å².